The van der Waals surface area contributed by atoms with Gasteiger partial charge in [0.05, 0.1) is 10.9 Å². The molecule has 1 aromatic rings. The Bertz CT molecular complexity index is 245. The molecule has 0 spiro atoms. The Morgan fingerprint density at radius 1 is 1.33 bits per heavy atom. The van der Waals surface area contributed by atoms with Gasteiger partial charge in [-0.1, -0.05) is 52.3 Å². The normalized spacial score (nSPS) is 15.2. The highest BCUT2D eigenvalue weighted by molar-refractivity contribution is 9.09. The second-order valence-corrected chi connectivity index (χ2v) is 3.59. The van der Waals surface area contributed by atoms with Crippen LogP contribution in [0.3, 0.4) is 0 Å². The molecule has 1 nitrogen and oxygen atoms in total. The predicted octanol–water partition coefficient (Wildman–Crippen LogP) is 2.67. The number of hydrogen-bond donors (Lipinski definition) is 1. The Morgan fingerprint density at radius 3 is 2.42 bits per heavy atom. The third-order valence-corrected chi connectivity index (χ3v) is 2.54. The monoisotopic (exact) mass is 226 g/mol. The zero-order valence-electron chi connectivity index (χ0n) is 6.65. The molecule has 0 heterocycles. The molecule has 0 aromatic heterocycles. The lowest BCUT2D eigenvalue weighted by Gasteiger charge is -2.13. The van der Waals surface area contributed by atoms with Gasteiger partial charge in [-0.05, 0) is 5.56 Å². The van der Waals surface area contributed by atoms with Crippen LogP contribution >= 0.6 is 15.9 Å². The summed E-state index contributed by atoms with van der Waals surface area (Å²) in [6, 6.07) is 9.51. The fourth-order valence-corrected chi connectivity index (χ4v) is 1.27. The standard InChI is InChI=1S/C10H11BrO/c1-2-9(11)10(12)8-6-4-3-5-7-8/h2-7,9-10,12H,1H2. The van der Waals surface area contributed by atoms with Gasteiger partial charge in [0.1, 0.15) is 0 Å². The van der Waals surface area contributed by atoms with Crippen molar-refractivity contribution in [2.24, 2.45) is 0 Å². The van der Waals surface area contributed by atoms with Crippen LogP contribution in [0.15, 0.2) is 43.0 Å². The van der Waals surface area contributed by atoms with Crippen molar-refractivity contribution in [2.75, 3.05) is 0 Å². The number of aliphatic hydroxyl groups excluding tert-OH is 1. The van der Waals surface area contributed by atoms with E-state index in [-0.39, 0.29) is 4.83 Å². The minimum Gasteiger partial charge on any atom is -0.387 e. The van der Waals surface area contributed by atoms with Crippen molar-refractivity contribution in [1.29, 1.82) is 0 Å². The maximum absolute atomic E-state index is 9.67. The Balaban J connectivity index is 2.78. The van der Waals surface area contributed by atoms with Crippen molar-refractivity contribution in [3.8, 4) is 0 Å². The summed E-state index contributed by atoms with van der Waals surface area (Å²) in [6.07, 6.45) is 1.17. The second-order valence-electron chi connectivity index (χ2n) is 2.54. The molecule has 0 fully saturated rings. The Kier molecular flexibility index (Phi) is 3.50. The average Bonchev–Trinajstić information content (AvgIpc) is 2.17. The van der Waals surface area contributed by atoms with E-state index in [0.29, 0.717) is 0 Å². The van der Waals surface area contributed by atoms with Gasteiger partial charge < -0.3 is 5.11 Å². The summed E-state index contributed by atoms with van der Waals surface area (Å²) in [5.74, 6) is 0. The van der Waals surface area contributed by atoms with E-state index < -0.39 is 6.10 Å². The molecule has 0 saturated carbocycles. The van der Waals surface area contributed by atoms with Gasteiger partial charge in [-0.3, -0.25) is 0 Å². The number of aliphatic hydroxyl groups is 1. The Labute approximate surface area is 80.9 Å². The van der Waals surface area contributed by atoms with E-state index in [1.807, 2.05) is 30.3 Å². The van der Waals surface area contributed by atoms with Gasteiger partial charge in [0.25, 0.3) is 0 Å². The van der Waals surface area contributed by atoms with Gasteiger partial charge >= 0.3 is 0 Å². The molecule has 0 amide bonds. The molecule has 2 unspecified atom stereocenters. The zero-order chi connectivity index (χ0) is 8.97. The van der Waals surface area contributed by atoms with Crippen LogP contribution in [-0.2, 0) is 0 Å². The summed E-state index contributed by atoms with van der Waals surface area (Å²) in [5, 5.41) is 9.67. The highest BCUT2D eigenvalue weighted by Crippen LogP contribution is 2.22. The largest absolute Gasteiger partial charge is 0.387 e. The Hall–Kier alpha value is -0.600. The van der Waals surface area contributed by atoms with Crippen molar-refractivity contribution in [1.82, 2.24) is 0 Å². The molecule has 0 aliphatic carbocycles. The first-order valence-electron chi connectivity index (χ1n) is 3.75. The molecule has 12 heavy (non-hydrogen) atoms. The highest BCUT2D eigenvalue weighted by Gasteiger charge is 2.13. The SMILES string of the molecule is C=CC(Br)C(O)c1ccccc1. The van der Waals surface area contributed by atoms with E-state index in [2.05, 4.69) is 22.5 Å². The van der Waals surface area contributed by atoms with Gasteiger partial charge in [0.2, 0.25) is 0 Å². The highest BCUT2D eigenvalue weighted by atomic mass is 79.9. The number of rotatable bonds is 3. The molecule has 2 atom stereocenters. The first-order valence-corrected chi connectivity index (χ1v) is 4.67. The van der Waals surface area contributed by atoms with Crippen LogP contribution in [0.1, 0.15) is 11.7 Å². The topological polar surface area (TPSA) is 20.2 Å². The maximum Gasteiger partial charge on any atom is 0.0949 e. The van der Waals surface area contributed by atoms with Gasteiger partial charge in [-0.25, -0.2) is 0 Å². The average molecular weight is 227 g/mol. The maximum atomic E-state index is 9.67. The fourth-order valence-electron chi connectivity index (χ4n) is 0.963. The molecule has 1 aromatic carbocycles. The summed E-state index contributed by atoms with van der Waals surface area (Å²) in [4.78, 5) is -0.0834. The van der Waals surface area contributed by atoms with Crippen LogP contribution in [-0.4, -0.2) is 9.93 Å². The third-order valence-electron chi connectivity index (χ3n) is 1.67. The second kappa shape index (κ2) is 4.43. The van der Waals surface area contributed by atoms with Crippen LogP contribution in [0.4, 0.5) is 0 Å². The molecular weight excluding hydrogens is 216 g/mol. The number of benzene rings is 1. The fraction of sp³-hybridized carbons (Fsp3) is 0.200. The summed E-state index contributed by atoms with van der Waals surface area (Å²) < 4.78 is 0. The molecule has 2 heteroatoms. The van der Waals surface area contributed by atoms with Gasteiger partial charge in [-0.2, -0.15) is 0 Å². The number of hydrogen-bond acceptors (Lipinski definition) is 1. The van der Waals surface area contributed by atoms with Crippen LogP contribution < -0.4 is 0 Å². The van der Waals surface area contributed by atoms with Gasteiger partial charge in [-0.15, -0.1) is 6.58 Å². The van der Waals surface area contributed by atoms with E-state index in [0.717, 1.165) is 5.56 Å². The lowest BCUT2D eigenvalue weighted by molar-refractivity contribution is 0.188. The molecule has 1 rings (SSSR count). The summed E-state index contributed by atoms with van der Waals surface area (Å²) >= 11 is 3.31. The van der Waals surface area contributed by atoms with Crippen molar-refractivity contribution >= 4 is 15.9 Å². The molecule has 0 aliphatic rings. The smallest absolute Gasteiger partial charge is 0.0949 e. The first kappa shape index (κ1) is 9.49. The van der Waals surface area contributed by atoms with Gasteiger partial charge in [0, 0.05) is 0 Å². The van der Waals surface area contributed by atoms with Gasteiger partial charge in [0.15, 0.2) is 0 Å². The lowest BCUT2D eigenvalue weighted by atomic mass is 10.1. The zero-order valence-corrected chi connectivity index (χ0v) is 8.24. The van der Waals surface area contributed by atoms with Crippen LogP contribution in [0.5, 0.6) is 0 Å². The Morgan fingerprint density at radius 2 is 1.92 bits per heavy atom. The third kappa shape index (κ3) is 2.19. The van der Waals surface area contributed by atoms with E-state index >= 15 is 0 Å². The van der Waals surface area contributed by atoms with E-state index in [9.17, 15) is 5.11 Å². The van der Waals surface area contributed by atoms with E-state index in [1.165, 1.54) is 0 Å². The van der Waals surface area contributed by atoms with Crippen molar-refractivity contribution in [3.63, 3.8) is 0 Å². The van der Waals surface area contributed by atoms with Crippen molar-refractivity contribution in [2.45, 2.75) is 10.9 Å². The molecule has 0 radical (unpaired) electrons. The quantitative estimate of drug-likeness (QED) is 0.621. The molecule has 0 saturated heterocycles. The summed E-state index contributed by atoms with van der Waals surface area (Å²) in [6.45, 7) is 3.60. The first-order chi connectivity index (χ1) is 5.75. The van der Waals surface area contributed by atoms with Crippen molar-refractivity contribution < 1.29 is 5.11 Å². The lowest BCUT2D eigenvalue weighted by Crippen LogP contribution is -2.08. The number of alkyl halides is 1. The van der Waals surface area contributed by atoms with E-state index in [4.69, 9.17) is 0 Å². The molecule has 64 valence electrons. The number of halogens is 1. The minimum atomic E-state index is -0.510. The van der Waals surface area contributed by atoms with Crippen LogP contribution in [0.25, 0.3) is 0 Å². The van der Waals surface area contributed by atoms with E-state index in [1.54, 1.807) is 6.08 Å². The molecular formula is C10H11BrO. The minimum absolute atomic E-state index is 0.0834. The summed E-state index contributed by atoms with van der Waals surface area (Å²) in [5.41, 5.74) is 0.902. The molecule has 0 aliphatic heterocycles. The summed E-state index contributed by atoms with van der Waals surface area (Å²) in [7, 11) is 0. The molecule has 0 bridgehead atoms. The van der Waals surface area contributed by atoms with Crippen LogP contribution in [0, 0.1) is 0 Å². The predicted molar refractivity (Wildman–Crippen MR) is 54.3 cm³/mol. The molecule has 1 N–H and O–H groups in total. The van der Waals surface area contributed by atoms with Crippen LogP contribution in [0.2, 0.25) is 0 Å². The van der Waals surface area contributed by atoms with Crippen molar-refractivity contribution in [3.05, 3.63) is 48.6 Å².